The molecular formula is C18H16O3. The number of carbonyl (C=O) groups is 1. The van der Waals surface area contributed by atoms with Crippen LogP contribution >= 0.6 is 0 Å². The van der Waals surface area contributed by atoms with Gasteiger partial charge >= 0.3 is 0 Å². The average Bonchev–Trinajstić information content (AvgIpc) is 2.45. The highest BCUT2D eigenvalue weighted by molar-refractivity contribution is 6.15. The monoisotopic (exact) mass is 280 g/mol. The normalized spacial score (nSPS) is 15.7. The average molecular weight is 280 g/mol. The molecule has 0 amide bonds. The third-order valence-corrected chi connectivity index (χ3v) is 3.66. The minimum atomic E-state index is 0.000734. The summed E-state index contributed by atoms with van der Waals surface area (Å²) in [4.78, 5) is 12.7. The number of phenols is 1. The highest BCUT2D eigenvalue weighted by Crippen LogP contribution is 2.33. The van der Waals surface area contributed by atoms with Crippen molar-refractivity contribution in [1.29, 1.82) is 0 Å². The van der Waals surface area contributed by atoms with E-state index in [-0.39, 0.29) is 18.1 Å². The number of rotatable bonds is 1. The van der Waals surface area contributed by atoms with E-state index >= 15 is 0 Å². The number of ether oxygens (including phenoxy) is 1. The molecule has 0 atom stereocenters. The number of aromatic hydroxyl groups is 1. The number of phenolic OH excluding ortho intramolecular Hbond substituents is 1. The first-order valence-corrected chi connectivity index (χ1v) is 6.83. The van der Waals surface area contributed by atoms with Gasteiger partial charge in [0.25, 0.3) is 0 Å². The van der Waals surface area contributed by atoms with Crippen molar-refractivity contribution in [2.45, 2.75) is 13.8 Å². The fraction of sp³-hybridized carbons (Fsp3) is 0.167. The maximum atomic E-state index is 12.7. The SMILES string of the molecule is Cc1ccc(C)c2c1OC/C(=C\c1cccc(O)c1)C2=O. The number of hydrogen-bond donors (Lipinski definition) is 1. The van der Waals surface area contributed by atoms with E-state index in [2.05, 4.69) is 0 Å². The molecule has 1 aliphatic rings. The molecule has 1 aliphatic heterocycles. The third kappa shape index (κ3) is 2.42. The van der Waals surface area contributed by atoms with Gasteiger partial charge in [0.05, 0.1) is 5.56 Å². The summed E-state index contributed by atoms with van der Waals surface area (Å²) in [5.74, 6) is 0.870. The van der Waals surface area contributed by atoms with E-state index in [9.17, 15) is 9.90 Å². The second-order valence-electron chi connectivity index (χ2n) is 5.29. The molecule has 106 valence electrons. The Balaban J connectivity index is 2.05. The van der Waals surface area contributed by atoms with Gasteiger partial charge in [0.1, 0.15) is 18.1 Å². The highest BCUT2D eigenvalue weighted by atomic mass is 16.5. The lowest BCUT2D eigenvalue weighted by molar-refractivity contribution is 0.0999. The minimum absolute atomic E-state index is 0.000734. The lowest BCUT2D eigenvalue weighted by Gasteiger charge is -2.22. The number of Topliss-reactive ketones (excluding diaryl/α,β-unsaturated/α-hetero) is 1. The lowest BCUT2D eigenvalue weighted by atomic mass is 9.93. The fourth-order valence-electron chi connectivity index (χ4n) is 2.55. The van der Waals surface area contributed by atoms with Gasteiger partial charge in [-0.25, -0.2) is 0 Å². The van der Waals surface area contributed by atoms with E-state index in [4.69, 9.17) is 4.74 Å². The molecule has 0 aliphatic carbocycles. The molecule has 0 fully saturated rings. The van der Waals surface area contributed by atoms with Crippen LogP contribution in [0.25, 0.3) is 6.08 Å². The number of carbonyl (C=O) groups excluding carboxylic acids is 1. The second kappa shape index (κ2) is 5.09. The Kier molecular flexibility index (Phi) is 3.26. The Hall–Kier alpha value is -2.55. The second-order valence-corrected chi connectivity index (χ2v) is 5.29. The largest absolute Gasteiger partial charge is 0.508 e. The van der Waals surface area contributed by atoms with Crippen LogP contribution in [-0.4, -0.2) is 17.5 Å². The van der Waals surface area contributed by atoms with Gasteiger partial charge in [0.15, 0.2) is 5.78 Å². The van der Waals surface area contributed by atoms with Gasteiger partial charge in [-0.2, -0.15) is 0 Å². The molecule has 0 aromatic heterocycles. The molecule has 2 aromatic rings. The molecule has 0 saturated carbocycles. The summed E-state index contributed by atoms with van der Waals surface area (Å²) in [5.41, 5.74) is 3.92. The van der Waals surface area contributed by atoms with Crippen molar-refractivity contribution in [3.05, 3.63) is 64.2 Å². The van der Waals surface area contributed by atoms with Gasteiger partial charge in [-0.05, 0) is 48.7 Å². The predicted octanol–water partition coefficient (Wildman–Crippen LogP) is 3.67. The van der Waals surface area contributed by atoms with Crippen LogP contribution in [0.5, 0.6) is 11.5 Å². The Labute approximate surface area is 123 Å². The van der Waals surface area contributed by atoms with Gasteiger partial charge in [0, 0.05) is 5.57 Å². The smallest absolute Gasteiger partial charge is 0.196 e. The molecule has 1 N–H and O–H groups in total. The molecule has 0 bridgehead atoms. The van der Waals surface area contributed by atoms with Crippen LogP contribution in [0.1, 0.15) is 27.0 Å². The number of hydrogen-bond acceptors (Lipinski definition) is 3. The standard InChI is InChI=1S/C18H16O3/c1-11-6-7-12(2)18-16(11)17(20)14(10-21-18)8-13-4-3-5-15(19)9-13/h3-9,19H,10H2,1-2H3/b14-8+. The van der Waals surface area contributed by atoms with E-state index in [1.807, 2.05) is 32.0 Å². The van der Waals surface area contributed by atoms with E-state index in [1.165, 1.54) is 0 Å². The van der Waals surface area contributed by atoms with E-state index in [1.54, 1.807) is 24.3 Å². The Bertz CT molecular complexity index is 757. The van der Waals surface area contributed by atoms with Crippen LogP contribution in [0.2, 0.25) is 0 Å². The third-order valence-electron chi connectivity index (χ3n) is 3.66. The van der Waals surface area contributed by atoms with Crippen molar-refractivity contribution in [2.75, 3.05) is 6.61 Å². The molecule has 2 aromatic carbocycles. The topological polar surface area (TPSA) is 46.5 Å². The van der Waals surface area contributed by atoms with Crippen molar-refractivity contribution in [3.63, 3.8) is 0 Å². The zero-order valence-electron chi connectivity index (χ0n) is 12.0. The molecule has 3 rings (SSSR count). The van der Waals surface area contributed by atoms with Crippen LogP contribution in [0, 0.1) is 13.8 Å². The van der Waals surface area contributed by atoms with E-state index in [0.29, 0.717) is 16.9 Å². The Morgan fingerprint density at radius 3 is 2.67 bits per heavy atom. The van der Waals surface area contributed by atoms with Crippen LogP contribution in [0.15, 0.2) is 42.0 Å². The zero-order valence-corrected chi connectivity index (χ0v) is 12.0. The maximum absolute atomic E-state index is 12.7. The Morgan fingerprint density at radius 2 is 1.90 bits per heavy atom. The maximum Gasteiger partial charge on any atom is 0.196 e. The summed E-state index contributed by atoms with van der Waals surface area (Å²) in [6.07, 6.45) is 1.77. The summed E-state index contributed by atoms with van der Waals surface area (Å²) >= 11 is 0. The molecule has 0 unspecified atom stereocenters. The highest BCUT2D eigenvalue weighted by Gasteiger charge is 2.26. The lowest BCUT2D eigenvalue weighted by Crippen LogP contribution is -2.21. The van der Waals surface area contributed by atoms with Crippen molar-refractivity contribution >= 4 is 11.9 Å². The van der Waals surface area contributed by atoms with Gasteiger partial charge in [-0.1, -0.05) is 24.3 Å². The van der Waals surface area contributed by atoms with Crippen molar-refractivity contribution in [3.8, 4) is 11.5 Å². The van der Waals surface area contributed by atoms with Gasteiger partial charge in [-0.3, -0.25) is 4.79 Å². The van der Waals surface area contributed by atoms with E-state index in [0.717, 1.165) is 16.7 Å². The number of aryl methyl sites for hydroxylation is 2. The summed E-state index contributed by atoms with van der Waals surface area (Å²) in [6.45, 7) is 4.11. The van der Waals surface area contributed by atoms with Crippen molar-refractivity contribution in [2.24, 2.45) is 0 Å². The van der Waals surface area contributed by atoms with Crippen LogP contribution < -0.4 is 4.74 Å². The summed E-state index contributed by atoms with van der Waals surface area (Å²) in [5, 5.41) is 9.50. The van der Waals surface area contributed by atoms with Crippen molar-refractivity contribution in [1.82, 2.24) is 0 Å². The van der Waals surface area contributed by atoms with Crippen LogP contribution in [-0.2, 0) is 0 Å². The van der Waals surface area contributed by atoms with Gasteiger partial charge in [0.2, 0.25) is 0 Å². The summed E-state index contributed by atoms with van der Waals surface area (Å²) in [6, 6.07) is 10.7. The zero-order chi connectivity index (χ0) is 15.0. The molecular weight excluding hydrogens is 264 g/mol. The molecule has 1 heterocycles. The first-order valence-electron chi connectivity index (χ1n) is 6.83. The summed E-state index contributed by atoms with van der Waals surface area (Å²) < 4.78 is 5.77. The molecule has 3 heteroatoms. The molecule has 0 saturated heterocycles. The first kappa shape index (κ1) is 13.4. The quantitative estimate of drug-likeness (QED) is 0.811. The predicted molar refractivity (Wildman–Crippen MR) is 81.8 cm³/mol. The Morgan fingerprint density at radius 1 is 1.14 bits per heavy atom. The molecule has 0 radical (unpaired) electrons. The van der Waals surface area contributed by atoms with Crippen molar-refractivity contribution < 1.29 is 14.6 Å². The number of fused-ring (bicyclic) bond motifs is 1. The number of benzene rings is 2. The molecule has 3 nitrogen and oxygen atoms in total. The van der Waals surface area contributed by atoms with Gasteiger partial charge in [-0.15, -0.1) is 0 Å². The summed E-state index contributed by atoms with van der Waals surface area (Å²) in [7, 11) is 0. The first-order chi connectivity index (χ1) is 10.1. The van der Waals surface area contributed by atoms with Crippen LogP contribution in [0.3, 0.4) is 0 Å². The van der Waals surface area contributed by atoms with E-state index < -0.39 is 0 Å². The van der Waals surface area contributed by atoms with Crippen LogP contribution in [0.4, 0.5) is 0 Å². The molecule has 21 heavy (non-hydrogen) atoms. The fourth-order valence-corrected chi connectivity index (χ4v) is 2.55. The van der Waals surface area contributed by atoms with Gasteiger partial charge < -0.3 is 9.84 Å². The molecule has 0 spiro atoms. The minimum Gasteiger partial charge on any atom is -0.508 e. The number of ketones is 1.